The molecular formula is C17H20F2N4O2S. The minimum absolute atomic E-state index is 0.0398. The van der Waals surface area contributed by atoms with E-state index in [9.17, 15) is 17.2 Å². The van der Waals surface area contributed by atoms with Gasteiger partial charge in [-0.15, -0.1) is 0 Å². The Balaban J connectivity index is 1.64. The molecule has 1 N–H and O–H groups in total. The van der Waals surface area contributed by atoms with Crippen LogP contribution in [0.25, 0.3) is 0 Å². The summed E-state index contributed by atoms with van der Waals surface area (Å²) in [6.45, 7) is 1.77. The summed E-state index contributed by atoms with van der Waals surface area (Å²) in [5.41, 5.74) is 0.0398. The molecule has 0 radical (unpaired) electrons. The lowest BCUT2D eigenvalue weighted by Gasteiger charge is -2.27. The number of nitrogens with one attached hydrogen (secondary N) is 1. The molecule has 3 rings (SSSR count). The summed E-state index contributed by atoms with van der Waals surface area (Å²) < 4.78 is 53.1. The second kappa shape index (κ2) is 8.05. The number of sulfonamides is 1. The normalized spacial score (nSPS) is 15.2. The van der Waals surface area contributed by atoms with Gasteiger partial charge in [-0.25, -0.2) is 31.9 Å². The molecule has 140 valence electrons. The number of hydrogen-bond donors (Lipinski definition) is 1. The van der Waals surface area contributed by atoms with Crippen molar-refractivity contribution in [1.29, 1.82) is 0 Å². The van der Waals surface area contributed by atoms with Crippen molar-refractivity contribution in [3.8, 4) is 0 Å². The molecule has 1 aliphatic heterocycles. The van der Waals surface area contributed by atoms with Gasteiger partial charge < -0.3 is 4.90 Å². The van der Waals surface area contributed by atoms with E-state index in [0.29, 0.717) is 11.9 Å². The summed E-state index contributed by atoms with van der Waals surface area (Å²) in [6.07, 6.45) is 5.02. The van der Waals surface area contributed by atoms with Gasteiger partial charge >= 0.3 is 0 Å². The van der Waals surface area contributed by atoms with Crippen molar-refractivity contribution in [3.63, 3.8) is 0 Å². The largest absolute Gasteiger partial charge is 0.357 e. The van der Waals surface area contributed by atoms with Crippen LogP contribution in [-0.2, 0) is 22.3 Å². The number of anilines is 1. The molecular weight excluding hydrogens is 362 g/mol. The third kappa shape index (κ3) is 5.18. The zero-order valence-electron chi connectivity index (χ0n) is 14.2. The van der Waals surface area contributed by atoms with Crippen LogP contribution in [0.3, 0.4) is 0 Å². The predicted octanol–water partition coefficient (Wildman–Crippen LogP) is 2.36. The second-order valence-corrected chi connectivity index (χ2v) is 8.04. The molecule has 9 heteroatoms. The van der Waals surface area contributed by atoms with Crippen LogP contribution in [0.2, 0.25) is 0 Å². The van der Waals surface area contributed by atoms with E-state index in [1.807, 2.05) is 0 Å². The molecule has 0 spiro atoms. The van der Waals surface area contributed by atoms with Gasteiger partial charge in [-0.3, -0.25) is 0 Å². The first kappa shape index (κ1) is 18.7. The molecule has 0 saturated carbocycles. The third-order valence-corrected chi connectivity index (χ3v) is 5.40. The number of rotatable bonds is 6. The molecule has 1 aliphatic rings. The van der Waals surface area contributed by atoms with Gasteiger partial charge in [0.1, 0.15) is 23.3 Å². The Morgan fingerprint density at radius 3 is 2.46 bits per heavy atom. The lowest BCUT2D eigenvalue weighted by atomic mass is 10.1. The highest BCUT2D eigenvalue weighted by atomic mass is 32.2. The molecule has 6 nitrogen and oxygen atoms in total. The summed E-state index contributed by atoms with van der Waals surface area (Å²) >= 11 is 0. The molecule has 2 heterocycles. The van der Waals surface area contributed by atoms with Crippen LogP contribution in [0, 0.1) is 11.6 Å². The van der Waals surface area contributed by atoms with Crippen molar-refractivity contribution in [2.75, 3.05) is 18.0 Å². The molecule has 1 fully saturated rings. The topological polar surface area (TPSA) is 75.2 Å². The van der Waals surface area contributed by atoms with Crippen molar-refractivity contribution in [1.82, 2.24) is 14.7 Å². The average molecular weight is 382 g/mol. The van der Waals surface area contributed by atoms with Gasteiger partial charge in [0.05, 0.1) is 12.3 Å². The molecule has 1 saturated heterocycles. The van der Waals surface area contributed by atoms with Crippen molar-refractivity contribution < 1.29 is 17.2 Å². The summed E-state index contributed by atoms with van der Waals surface area (Å²) in [6, 6.07) is 4.49. The van der Waals surface area contributed by atoms with Crippen molar-refractivity contribution in [2.24, 2.45) is 0 Å². The monoisotopic (exact) mass is 382 g/mol. The highest BCUT2D eigenvalue weighted by Crippen LogP contribution is 2.17. The Morgan fingerprint density at radius 1 is 1.08 bits per heavy atom. The van der Waals surface area contributed by atoms with Gasteiger partial charge in [0.25, 0.3) is 0 Å². The fraction of sp³-hybridized carbons (Fsp3) is 0.412. The highest BCUT2D eigenvalue weighted by molar-refractivity contribution is 7.88. The number of piperidine rings is 1. The van der Waals surface area contributed by atoms with Gasteiger partial charge in [0, 0.05) is 25.4 Å². The molecule has 0 aliphatic carbocycles. The Hall–Kier alpha value is -2.13. The first-order valence-corrected chi connectivity index (χ1v) is 10.1. The van der Waals surface area contributed by atoms with E-state index in [2.05, 4.69) is 19.6 Å². The van der Waals surface area contributed by atoms with E-state index in [4.69, 9.17) is 0 Å². The maximum absolute atomic E-state index is 13.2. The zero-order valence-corrected chi connectivity index (χ0v) is 15.0. The molecule has 0 amide bonds. The van der Waals surface area contributed by atoms with Crippen LogP contribution >= 0.6 is 0 Å². The van der Waals surface area contributed by atoms with Crippen molar-refractivity contribution in [2.45, 2.75) is 31.6 Å². The average Bonchev–Trinajstić information content (AvgIpc) is 2.60. The maximum atomic E-state index is 13.2. The number of nitrogens with zero attached hydrogens (tertiary/aromatic N) is 3. The van der Waals surface area contributed by atoms with E-state index >= 15 is 0 Å². The SMILES string of the molecule is O=S(=O)(Cc1cc(F)cc(F)c1)NCc1nccc(N2CCCCC2)n1. The maximum Gasteiger partial charge on any atom is 0.216 e. The van der Waals surface area contributed by atoms with Crippen molar-refractivity contribution in [3.05, 3.63) is 53.5 Å². The van der Waals surface area contributed by atoms with Gasteiger partial charge in [-0.2, -0.15) is 0 Å². The van der Waals surface area contributed by atoms with Gasteiger partial charge in [-0.1, -0.05) is 0 Å². The molecule has 1 aromatic carbocycles. The number of benzene rings is 1. The van der Waals surface area contributed by atoms with Crippen LogP contribution in [0.4, 0.5) is 14.6 Å². The molecule has 2 aromatic rings. The second-order valence-electron chi connectivity index (χ2n) is 6.24. The first-order chi connectivity index (χ1) is 12.4. The fourth-order valence-corrected chi connectivity index (χ4v) is 3.97. The van der Waals surface area contributed by atoms with Crippen LogP contribution in [0.15, 0.2) is 30.5 Å². The minimum Gasteiger partial charge on any atom is -0.357 e. The number of hydrogen-bond acceptors (Lipinski definition) is 5. The summed E-state index contributed by atoms with van der Waals surface area (Å²) in [4.78, 5) is 10.6. The number of halogens is 2. The molecule has 0 atom stereocenters. The quantitative estimate of drug-likeness (QED) is 0.830. The van der Waals surface area contributed by atoms with Crippen LogP contribution in [0.5, 0.6) is 0 Å². The summed E-state index contributed by atoms with van der Waals surface area (Å²) in [5.74, 6) is -1.02. The van der Waals surface area contributed by atoms with Gasteiger partial charge in [0.15, 0.2) is 0 Å². The Labute approximate surface area is 151 Å². The van der Waals surface area contributed by atoms with E-state index in [0.717, 1.165) is 43.9 Å². The van der Waals surface area contributed by atoms with Gasteiger partial charge in [-0.05, 0) is 43.0 Å². The van der Waals surface area contributed by atoms with E-state index in [1.54, 1.807) is 12.3 Å². The van der Waals surface area contributed by atoms with E-state index in [1.165, 1.54) is 6.42 Å². The highest BCUT2D eigenvalue weighted by Gasteiger charge is 2.16. The fourth-order valence-electron chi connectivity index (χ4n) is 2.91. The van der Waals surface area contributed by atoms with E-state index in [-0.39, 0.29) is 12.1 Å². The lowest BCUT2D eigenvalue weighted by Crippen LogP contribution is -2.31. The predicted molar refractivity (Wildman–Crippen MR) is 93.9 cm³/mol. The molecule has 1 aromatic heterocycles. The first-order valence-electron chi connectivity index (χ1n) is 8.40. The van der Waals surface area contributed by atoms with Gasteiger partial charge in [0.2, 0.25) is 10.0 Å². The molecule has 0 unspecified atom stereocenters. The van der Waals surface area contributed by atoms with Crippen molar-refractivity contribution >= 4 is 15.8 Å². The Kier molecular flexibility index (Phi) is 5.77. The zero-order chi connectivity index (χ0) is 18.6. The van der Waals surface area contributed by atoms with Crippen LogP contribution < -0.4 is 9.62 Å². The van der Waals surface area contributed by atoms with Crippen LogP contribution in [-0.4, -0.2) is 31.5 Å². The third-order valence-electron chi connectivity index (χ3n) is 4.10. The molecule has 0 bridgehead atoms. The standard InChI is InChI=1S/C17H20F2N4O2S/c18-14-8-13(9-15(19)10-14)12-26(24,25)21-11-16-20-5-4-17(22-16)23-6-2-1-3-7-23/h4-5,8-10,21H,1-3,6-7,11-12H2. The van der Waals surface area contributed by atoms with Crippen LogP contribution in [0.1, 0.15) is 30.7 Å². The molecule has 26 heavy (non-hydrogen) atoms. The minimum atomic E-state index is -3.78. The summed E-state index contributed by atoms with van der Waals surface area (Å²) in [5, 5.41) is 0. The summed E-state index contributed by atoms with van der Waals surface area (Å²) in [7, 11) is -3.78. The Morgan fingerprint density at radius 2 is 1.77 bits per heavy atom. The smallest absolute Gasteiger partial charge is 0.216 e. The Bertz CT molecular complexity index is 851. The van der Waals surface area contributed by atoms with E-state index < -0.39 is 27.4 Å². The lowest BCUT2D eigenvalue weighted by molar-refractivity contribution is 0.568. The number of aromatic nitrogens is 2.